The van der Waals surface area contributed by atoms with E-state index in [0.717, 1.165) is 83.3 Å². The topological polar surface area (TPSA) is 169 Å². The normalized spacial score (nSPS) is 19.3. The number of nitrogens with one attached hydrogen (secondary N) is 2. The van der Waals surface area contributed by atoms with Gasteiger partial charge in [-0.1, -0.05) is 12.1 Å². The summed E-state index contributed by atoms with van der Waals surface area (Å²) in [6, 6.07) is 20.2. The van der Waals surface area contributed by atoms with Gasteiger partial charge in [0.2, 0.25) is 11.8 Å². The van der Waals surface area contributed by atoms with Crippen molar-refractivity contribution in [2.24, 2.45) is 11.8 Å². The number of pyridine rings is 4. The van der Waals surface area contributed by atoms with Crippen LogP contribution in [0.4, 0.5) is 40.6 Å². The Morgan fingerprint density at radius 2 is 1.00 bits per heavy atom. The lowest BCUT2D eigenvalue weighted by Gasteiger charge is -2.40. The number of anilines is 4. The number of amides is 4. The lowest BCUT2D eigenvalue weighted by atomic mass is 9.78. The number of nitrogens with zero attached hydrogens (tertiary/aromatic N) is 6. The van der Waals surface area contributed by atoms with Crippen molar-refractivity contribution in [1.82, 2.24) is 19.9 Å². The van der Waals surface area contributed by atoms with E-state index in [1.807, 2.05) is 52.0 Å². The standard InChI is InChI=1S/2C28H28F2N4O3/c2*1-4-34-25-22(20-8-10-37-15-23(20)27(34)36)11-18(14-32-25)21-13-19(6-5-16(21)2)33-26(35)17-7-9-31-24(12-17)28(3,29)30/h2*5-7,9,11-14,20,23H,4,8,10,15H2,1-3H3,(H,33,35)/t2*20-,23+/m10/s1. The van der Waals surface area contributed by atoms with Gasteiger partial charge in [-0.3, -0.25) is 38.9 Å². The fraction of sp³-hybridized carbons (Fsp3) is 0.357. The van der Waals surface area contributed by atoms with Gasteiger partial charge in [0.1, 0.15) is 23.0 Å². The molecule has 2 fully saturated rings. The summed E-state index contributed by atoms with van der Waals surface area (Å²) in [5.74, 6) is -6.13. The van der Waals surface area contributed by atoms with E-state index in [1.165, 1.54) is 24.5 Å². The molecule has 2 aromatic carbocycles. The summed E-state index contributed by atoms with van der Waals surface area (Å²) in [6.07, 6.45) is 7.42. The third kappa shape index (κ3) is 10.4. The van der Waals surface area contributed by atoms with Gasteiger partial charge in [0, 0.05) is 110 Å². The zero-order valence-electron chi connectivity index (χ0n) is 41.8. The van der Waals surface area contributed by atoms with E-state index in [2.05, 4.69) is 32.7 Å². The molecule has 4 aliphatic heterocycles. The van der Waals surface area contributed by atoms with E-state index in [0.29, 0.717) is 62.5 Å². The van der Waals surface area contributed by atoms with E-state index in [1.54, 1.807) is 34.3 Å². The second-order valence-corrected chi connectivity index (χ2v) is 19.2. The molecule has 6 aromatic rings. The highest BCUT2D eigenvalue weighted by Gasteiger charge is 2.44. The van der Waals surface area contributed by atoms with Gasteiger partial charge >= 0.3 is 0 Å². The first-order valence-electron chi connectivity index (χ1n) is 24.7. The van der Waals surface area contributed by atoms with Crippen LogP contribution in [0.15, 0.2) is 97.6 Å². The summed E-state index contributed by atoms with van der Waals surface area (Å²) in [6.45, 7) is 12.4. The van der Waals surface area contributed by atoms with E-state index >= 15 is 0 Å². The third-order valence-electron chi connectivity index (χ3n) is 14.2. The summed E-state index contributed by atoms with van der Waals surface area (Å²) in [5, 5.41) is 5.60. The SMILES string of the molecule is CCN1C(=O)[C@@H]2COCC[C@H]2c2cc(-c3cc(NC(=O)c4ccnc(C(C)(F)F)c4)ccc3C)cnc21.CCN1C(=O)[C@H]2COCC[C@@H]2c2cc(-c3cc(NC(=O)c4ccnc(C(C)(F)F)c4)ccc3C)cnc21. The molecule has 10 rings (SSSR count). The minimum absolute atomic E-state index is 0.0484. The minimum atomic E-state index is -3.14. The molecule has 18 heteroatoms. The van der Waals surface area contributed by atoms with Gasteiger partial charge in [-0.15, -0.1) is 0 Å². The number of benzene rings is 2. The van der Waals surface area contributed by atoms with Gasteiger partial charge in [0.05, 0.1) is 25.0 Å². The molecule has 0 radical (unpaired) electrons. The number of carbonyl (C=O) groups excluding carboxylic acids is 4. The molecular weight excluding hydrogens is 957 g/mol. The van der Waals surface area contributed by atoms with Crippen LogP contribution in [0.25, 0.3) is 22.3 Å². The predicted octanol–water partition coefficient (Wildman–Crippen LogP) is 10.6. The Labute approximate surface area is 425 Å². The number of aryl methyl sites for hydroxylation is 2. The Bertz CT molecular complexity index is 2950. The van der Waals surface area contributed by atoms with E-state index in [4.69, 9.17) is 19.4 Å². The van der Waals surface area contributed by atoms with Gasteiger partial charge in [-0.05, 0) is 135 Å². The van der Waals surface area contributed by atoms with Crippen LogP contribution in [-0.2, 0) is 30.9 Å². The van der Waals surface area contributed by atoms with Crippen molar-refractivity contribution in [3.8, 4) is 22.3 Å². The number of alkyl halides is 4. The molecular formula is C56H56F4N8O6. The summed E-state index contributed by atoms with van der Waals surface area (Å²) < 4.78 is 65.9. The second-order valence-electron chi connectivity index (χ2n) is 19.2. The largest absolute Gasteiger partial charge is 0.381 e. The number of carbonyl (C=O) groups is 4. The van der Waals surface area contributed by atoms with Crippen LogP contribution in [0.5, 0.6) is 0 Å². The quantitative estimate of drug-likeness (QED) is 0.126. The Morgan fingerprint density at radius 3 is 1.38 bits per heavy atom. The fourth-order valence-electron chi connectivity index (χ4n) is 10.2. The Balaban J connectivity index is 0.000000182. The second kappa shape index (κ2) is 20.8. The molecule has 8 heterocycles. The molecule has 0 unspecified atom stereocenters. The van der Waals surface area contributed by atoms with E-state index < -0.39 is 35.0 Å². The fourth-order valence-corrected chi connectivity index (χ4v) is 10.2. The molecule has 0 spiro atoms. The van der Waals surface area contributed by atoms with Crippen molar-refractivity contribution >= 4 is 46.6 Å². The van der Waals surface area contributed by atoms with Crippen LogP contribution >= 0.6 is 0 Å². The lowest BCUT2D eigenvalue weighted by Crippen LogP contribution is -2.47. The summed E-state index contributed by atoms with van der Waals surface area (Å²) in [5.41, 5.74) is 7.87. The van der Waals surface area contributed by atoms with Gasteiger partial charge < -0.3 is 20.1 Å². The lowest BCUT2D eigenvalue weighted by molar-refractivity contribution is -0.129. The first-order valence-corrected chi connectivity index (χ1v) is 24.7. The number of halogens is 4. The number of ether oxygens (including phenoxy) is 2. The van der Waals surface area contributed by atoms with Crippen LogP contribution in [0.3, 0.4) is 0 Å². The van der Waals surface area contributed by atoms with Crippen LogP contribution in [-0.4, -0.2) is 83.1 Å². The summed E-state index contributed by atoms with van der Waals surface area (Å²) >= 11 is 0. The zero-order valence-corrected chi connectivity index (χ0v) is 41.8. The Kier molecular flexibility index (Phi) is 14.5. The van der Waals surface area contributed by atoms with Crippen LogP contribution < -0.4 is 20.4 Å². The highest BCUT2D eigenvalue weighted by atomic mass is 19.3. The average Bonchev–Trinajstić information content (AvgIpc) is 3.40. The molecule has 0 bridgehead atoms. The minimum Gasteiger partial charge on any atom is -0.381 e. The van der Waals surface area contributed by atoms with Gasteiger partial charge in [-0.2, -0.15) is 17.6 Å². The van der Waals surface area contributed by atoms with Crippen molar-refractivity contribution in [2.75, 3.05) is 60.0 Å². The van der Waals surface area contributed by atoms with Crippen molar-refractivity contribution in [1.29, 1.82) is 0 Å². The van der Waals surface area contributed by atoms with Crippen LogP contribution in [0.2, 0.25) is 0 Å². The third-order valence-corrected chi connectivity index (χ3v) is 14.2. The molecule has 2 N–H and O–H groups in total. The first kappa shape index (κ1) is 51.5. The maximum absolute atomic E-state index is 13.7. The van der Waals surface area contributed by atoms with E-state index in [-0.39, 0.29) is 46.6 Å². The van der Waals surface area contributed by atoms with Crippen LogP contribution in [0.1, 0.15) is 107 Å². The predicted molar refractivity (Wildman–Crippen MR) is 272 cm³/mol. The van der Waals surface area contributed by atoms with E-state index in [9.17, 15) is 36.7 Å². The average molecular weight is 1010 g/mol. The zero-order chi connectivity index (χ0) is 52.6. The monoisotopic (exact) mass is 1010 g/mol. The van der Waals surface area contributed by atoms with Gasteiger partial charge in [-0.25, -0.2) is 9.97 Å². The molecule has 0 saturated carbocycles. The number of fused-ring (bicyclic) bond motifs is 6. The first-order chi connectivity index (χ1) is 35.3. The number of hydrogen-bond acceptors (Lipinski definition) is 10. The van der Waals surface area contributed by atoms with Gasteiger partial charge in [0.25, 0.3) is 23.7 Å². The molecule has 4 atom stereocenters. The number of hydrogen-bond donors (Lipinski definition) is 2. The molecule has 4 aliphatic rings. The summed E-state index contributed by atoms with van der Waals surface area (Å²) in [4.78, 5) is 71.9. The molecule has 4 aromatic heterocycles. The molecule has 2 saturated heterocycles. The van der Waals surface area contributed by atoms with Crippen molar-refractivity contribution in [2.45, 2.75) is 78.1 Å². The molecule has 4 amide bonds. The maximum Gasteiger partial charge on any atom is 0.286 e. The summed E-state index contributed by atoms with van der Waals surface area (Å²) in [7, 11) is 0. The van der Waals surface area contributed by atoms with Crippen LogP contribution in [0, 0.1) is 25.7 Å². The van der Waals surface area contributed by atoms with Gasteiger partial charge in [0.15, 0.2) is 0 Å². The molecule has 384 valence electrons. The maximum atomic E-state index is 13.7. The Hall–Kier alpha value is -7.44. The Morgan fingerprint density at radius 1 is 0.595 bits per heavy atom. The van der Waals surface area contributed by atoms with Crippen molar-refractivity contribution in [3.63, 3.8) is 0 Å². The number of aromatic nitrogens is 4. The van der Waals surface area contributed by atoms with Crippen molar-refractivity contribution in [3.05, 3.63) is 142 Å². The number of rotatable bonds is 10. The van der Waals surface area contributed by atoms with Crippen molar-refractivity contribution < 1.29 is 46.2 Å². The molecule has 0 aliphatic carbocycles. The molecule has 74 heavy (non-hydrogen) atoms. The highest BCUT2D eigenvalue weighted by molar-refractivity contribution is 6.06. The molecule has 14 nitrogen and oxygen atoms in total. The highest BCUT2D eigenvalue weighted by Crippen LogP contribution is 2.46. The smallest absolute Gasteiger partial charge is 0.286 e.